The Hall–Kier alpha value is -2.13. The van der Waals surface area contributed by atoms with Gasteiger partial charge in [-0.25, -0.2) is 4.98 Å². The van der Waals surface area contributed by atoms with E-state index >= 15 is 0 Å². The zero-order valence-corrected chi connectivity index (χ0v) is 14.2. The van der Waals surface area contributed by atoms with Crippen molar-refractivity contribution in [3.8, 4) is 0 Å². The molecule has 0 bridgehead atoms. The van der Waals surface area contributed by atoms with Gasteiger partial charge in [0.1, 0.15) is 11.6 Å². The van der Waals surface area contributed by atoms with Gasteiger partial charge in [-0.05, 0) is 25.3 Å². The molecule has 0 spiro atoms. The molecular formula is C14H15N5O2S2. The molecular weight excluding hydrogens is 334 g/mol. The monoisotopic (exact) mass is 349 g/mol. The zero-order valence-electron chi connectivity index (χ0n) is 12.6. The van der Waals surface area contributed by atoms with E-state index in [4.69, 9.17) is 4.52 Å². The van der Waals surface area contributed by atoms with Crippen molar-refractivity contribution in [2.24, 2.45) is 0 Å². The molecule has 7 nitrogen and oxygen atoms in total. The van der Waals surface area contributed by atoms with Crippen LogP contribution in [0.1, 0.15) is 23.4 Å². The van der Waals surface area contributed by atoms with E-state index in [0.717, 1.165) is 5.82 Å². The molecule has 0 saturated carbocycles. The van der Waals surface area contributed by atoms with Gasteiger partial charge in [-0.3, -0.25) is 9.89 Å². The summed E-state index contributed by atoms with van der Waals surface area (Å²) in [4.78, 5) is 17.7. The molecule has 1 unspecified atom stereocenters. The molecule has 0 aliphatic rings. The molecule has 3 rings (SSSR count). The number of amides is 1. The Morgan fingerprint density at radius 3 is 3.13 bits per heavy atom. The van der Waals surface area contributed by atoms with E-state index in [2.05, 4.69) is 31.7 Å². The minimum Gasteiger partial charge on any atom is -0.360 e. The Morgan fingerprint density at radius 1 is 1.57 bits per heavy atom. The fraction of sp³-hybridized carbons (Fsp3) is 0.286. The van der Waals surface area contributed by atoms with Crippen LogP contribution in [-0.4, -0.2) is 31.5 Å². The third-order valence-corrected chi connectivity index (χ3v) is 4.80. The lowest BCUT2D eigenvalue weighted by atomic mass is 10.3. The van der Waals surface area contributed by atoms with E-state index in [1.54, 1.807) is 31.3 Å². The van der Waals surface area contributed by atoms with Crippen LogP contribution in [-0.2, 0) is 11.2 Å². The second-order valence-electron chi connectivity index (χ2n) is 4.89. The number of aryl methyl sites for hydroxylation is 1. The van der Waals surface area contributed by atoms with Gasteiger partial charge in [0.2, 0.25) is 11.1 Å². The Labute approximate surface area is 140 Å². The molecule has 0 aliphatic carbocycles. The number of nitrogens with zero attached hydrogens (tertiary/aromatic N) is 3. The lowest BCUT2D eigenvalue weighted by Crippen LogP contribution is -2.22. The molecule has 0 saturated heterocycles. The van der Waals surface area contributed by atoms with Crippen molar-refractivity contribution in [3.63, 3.8) is 0 Å². The first kappa shape index (κ1) is 15.8. The number of nitrogens with one attached hydrogen (secondary N) is 2. The van der Waals surface area contributed by atoms with Crippen LogP contribution in [0.5, 0.6) is 0 Å². The molecule has 0 aromatic carbocycles. The smallest absolute Gasteiger partial charge is 0.238 e. The maximum absolute atomic E-state index is 12.1. The van der Waals surface area contributed by atoms with Gasteiger partial charge in [0.25, 0.3) is 0 Å². The molecule has 1 atom stereocenters. The molecule has 3 aromatic rings. The number of hydrogen-bond acceptors (Lipinski definition) is 7. The molecule has 120 valence electrons. The van der Waals surface area contributed by atoms with E-state index in [0.29, 0.717) is 23.2 Å². The van der Waals surface area contributed by atoms with Crippen molar-refractivity contribution < 1.29 is 9.32 Å². The quantitative estimate of drug-likeness (QED) is 0.664. The highest BCUT2D eigenvalue weighted by molar-refractivity contribution is 8.00. The van der Waals surface area contributed by atoms with Crippen molar-refractivity contribution in [2.45, 2.75) is 30.7 Å². The number of thioether (sulfide) groups is 1. The van der Waals surface area contributed by atoms with Crippen LogP contribution >= 0.6 is 23.1 Å². The number of carbonyl (C=O) groups excluding carboxylic acids is 1. The molecule has 0 aliphatic heterocycles. The van der Waals surface area contributed by atoms with Gasteiger partial charge in [-0.2, -0.15) is 0 Å². The highest BCUT2D eigenvalue weighted by Crippen LogP contribution is 2.21. The summed E-state index contributed by atoms with van der Waals surface area (Å²) < 4.78 is 4.92. The second kappa shape index (κ2) is 6.97. The SMILES string of the molecule is Cc1cc(NC(=O)C(C)Sc2n[nH]c(Cc3cccs3)n2)no1. The topological polar surface area (TPSA) is 96.7 Å². The fourth-order valence-electron chi connectivity index (χ4n) is 1.85. The Bertz CT molecular complexity index is 781. The third kappa shape index (κ3) is 4.20. The molecule has 1 amide bonds. The Kier molecular flexibility index (Phi) is 4.77. The van der Waals surface area contributed by atoms with Crippen LogP contribution in [0.4, 0.5) is 5.82 Å². The van der Waals surface area contributed by atoms with Gasteiger partial charge >= 0.3 is 0 Å². The number of aromatic nitrogens is 4. The lowest BCUT2D eigenvalue weighted by molar-refractivity contribution is -0.115. The number of H-pyrrole nitrogens is 1. The molecule has 23 heavy (non-hydrogen) atoms. The molecule has 3 aromatic heterocycles. The van der Waals surface area contributed by atoms with Gasteiger partial charge in [0.15, 0.2) is 5.82 Å². The zero-order chi connectivity index (χ0) is 16.2. The summed E-state index contributed by atoms with van der Waals surface area (Å²) in [5.41, 5.74) is 0. The van der Waals surface area contributed by atoms with Crippen LogP contribution in [0.25, 0.3) is 0 Å². The summed E-state index contributed by atoms with van der Waals surface area (Å²) >= 11 is 2.97. The highest BCUT2D eigenvalue weighted by atomic mass is 32.2. The minimum atomic E-state index is -0.350. The molecule has 9 heteroatoms. The van der Waals surface area contributed by atoms with Crippen LogP contribution in [0, 0.1) is 6.92 Å². The summed E-state index contributed by atoms with van der Waals surface area (Å²) in [5, 5.41) is 15.7. The first-order valence-corrected chi connectivity index (χ1v) is 8.70. The predicted octanol–water partition coefficient (Wildman–Crippen LogP) is 2.87. The van der Waals surface area contributed by atoms with E-state index in [1.165, 1.54) is 16.6 Å². The minimum absolute atomic E-state index is 0.173. The van der Waals surface area contributed by atoms with E-state index in [1.807, 2.05) is 11.4 Å². The van der Waals surface area contributed by atoms with Crippen molar-refractivity contribution in [1.82, 2.24) is 20.3 Å². The van der Waals surface area contributed by atoms with Crippen molar-refractivity contribution in [2.75, 3.05) is 5.32 Å². The van der Waals surface area contributed by atoms with Crippen LogP contribution in [0.3, 0.4) is 0 Å². The summed E-state index contributed by atoms with van der Waals surface area (Å²) in [5.74, 6) is 1.67. The maximum Gasteiger partial charge on any atom is 0.238 e. The van der Waals surface area contributed by atoms with Crippen LogP contribution < -0.4 is 5.32 Å². The van der Waals surface area contributed by atoms with Gasteiger partial charge in [0.05, 0.1) is 5.25 Å². The third-order valence-electron chi connectivity index (χ3n) is 2.96. The first-order chi connectivity index (χ1) is 11.1. The van der Waals surface area contributed by atoms with Crippen molar-refractivity contribution in [3.05, 3.63) is 40.0 Å². The normalized spacial score (nSPS) is 12.3. The summed E-state index contributed by atoms with van der Waals surface area (Å²) in [6.07, 6.45) is 0.712. The molecule has 3 heterocycles. The lowest BCUT2D eigenvalue weighted by Gasteiger charge is -2.07. The number of rotatable bonds is 6. The molecule has 0 radical (unpaired) electrons. The number of anilines is 1. The number of aromatic amines is 1. The van der Waals surface area contributed by atoms with E-state index < -0.39 is 0 Å². The van der Waals surface area contributed by atoms with Crippen molar-refractivity contribution in [1.29, 1.82) is 0 Å². The van der Waals surface area contributed by atoms with Gasteiger partial charge in [-0.1, -0.05) is 23.0 Å². The summed E-state index contributed by atoms with van der Waals surface area (Å²) in [6, 6.07) is 5.72. The standard InChI is InChI=1S/C14H15N5O2S2/c1-8-6-12(19-21-8)15-13(20)9(2)23-14-16-11(17-18-14)7-10-4-3-5-22-10/h3-6,9H,7H2,1-2H3,(H,15,19,20)(H,16,17,18). The highest BCUT2D eigenvalue weighted by Gasteiger charge is 2.18. The average Bonchev–Trinajstić information content (AvgIpc) is 3.24. The van der Waals surface area contributed by atoms with E-state index in [-0.39, 0.29) is 11.2 Å². The number of carbonyl (C=O) groups is 1. The predicted molar refractivity (Wildman–Crippen MR) is 88.7 cm³/mol. The summed E-state index contributed by atoms with van der Waals surface area (Å²) in [6.45, 7) is 3.56. The van der Waals surface area contributed by atoms with Crippen molar-refractivity contribution >= 4 is 34.8 Å². The maximum atomic E-state index is 12.1. The molecule has 0 fully saturated rings. The average molecular weight is 349 g/mol. The van der Waals surface area contributed by atoms with Gasteiger partial charge in [0, 0.05) is 17.4 Å². The number of hydrogen-bond donors (Lipinski definition) is 2. The Morgan fingerprint density at radius 2 is 2.43 bits per heavy atom. The van der Waals surface area contributed by atoms with E-state index in [9.17, 15) is 4.79 Å². The second-order valence-corrected chi connectivity index (χ2v) is 7.23. The first-order valence-electron chi connectivity index (χ1n) is 6.94. The fourth-order valence-corrected chi connectivity index (χ4v) is 3.31. The van der Waals surface area contributed by atoms with Crippen LogP contribution in [0.2, 0.25) is 0 Å². The van der Waals surface area contributed by atoms with Gasteiger partial charge in [-0.15, -0.1) is 16.4 Å². The Balaban J connectivity index is 1.56. The summed E-state index contributed by atoms with van der Waals surface area (Å²) in [7, 11) is 0. The van der Waals surface area contributed by atoms with Gasteiger partial charge < -0.3 is 9.84 Å². The number of thiophene rings is 1. The largest absolute Gasteiger partial charge is 0.360 e. The molecule has 2 N–H and O–H groups in total. The van der Waals surface area contributed by atoms with Crippen LogP contribution in [0.15, 0.2) is 33.3 Å².